The highest BCUT2D eigenvalue weighted by Gasteiger charge is 2.10. The summed E-state index contributed by atoms with van der Waals surface area (Å²) in [6.07, 6.45) is 2.32. The van der Waals surface area contributed by atoms with Gasteiger partial charge in [-0.2, -0.15) is 0 Å². The molecule has 9 heteroatoms. The van der Waals surface area contributed by atoms with Gasteiger partial charge in [-0.3, -0.25) is 29.8 Å². The lowest BCUT2D eigenvalue weighted by Gasteiger charge is -2.09. The second-order valence-corrected chi connectivity index (χ2v) is 8.02. The van der Waals surface area contributed by atoms with Crippen LogP contribution in [0, 0.1) is 4.77 Å². The largest absolute Gasteiger partial charge is 0.332 e. The molecule has 33 heavy (non-hydrogen) atoms. The van der Waals surface area contributed by atoms with Crippen molar-refractivity contribution in [3.63, 3.8) is 0 Å². The number of aromatic amines is 1. The van der Waals surface area contributed by atoms with Crippen molar-refractivity contribution in [1.29, 1.82) is 0 Å². The van der Waals surface area contributed by atoms with Gasteiger partial charge in [-0.25, -0.2) is 4.98 Å². The Morgan fingerprint density at radius 3 is 2.61 bits per heavy atom. The van der Waals surface area contributed by atoms with Crippen LogP contribution < -0.4 is 16.4 Å². The SMILES string of the molecule is O=C(CCCCCn1c(=S)[nH]c2ccccc2c1=O)NNC(=O)c1ccc2ccccc2n1. The average Bonchev–Trinajstić information content (AvgIpc) is 2.83. The molecule has 168 valence electrons. The van der Waals surface area contributed by atoms with E-state index in [4.69, 9.17) is 12.2 Å². The number of carbonyl (C=O) groups is 2. The van der Waals surface area contributed by atoms with E-state index in [9.17, 15) is 14.4 Å². The molecule has 8 nitrogen and oxygen atoms in total. The molecule has 0 saturated carbocycles. The first-order valence-electron chi connectivity index (χ1n) is 10.7. The zero-order valence-electron chi connectivity index (χ0n) is 17.8. The highest BCUT2D eigenvalue weighted by Crippen LogP contribution is 2.11. The van der Waals surface area contributed by atoms with Crippen molar-refractivity contribution in [2.24, 2.45) is 0 Å². The minimum Gasteiger partial charge on any atom is -0.332 e. The Bertz CT molecular complexity index is 1440. The van der Waals surface area contributed by atoms with Gasteiger partial charge in [0.25, 0.3) is 11.5 Å². The van der Waals surface area contributed by atoms with E-state index in [-0.39, 0.29) is 23.6 Å². The van der Waals surface area contributed by atoms with Gasteiger partial charge in [0, 0.05) is 18.4 Å². The second-order valence-electron chi connectivity index (χ2n) is 7.63. The van der Waals surface area contributed by atoms with Gasteiger partial charge in [-0.1, -0.05) is 42.8 Å². The Morgan fingerprint density at radius 1 is 0.939 bits per heavy atom. The number of benzene rings is 2. The van der Waals surface area contributed by atoms with Gasteiger partial charge in [-0.15, -0.1) is 0 Å². The highest BCUT2D eigenvalue weighted by molar-refractivity contribution is 7.71. The number of rotatable bonds is 7. The van der Waals surface area contributed by atoms with E-state index in [0.717, 1.165) is 17.3 Å². The van der Waals surface area contributed by atoms with E-state index in [0.29, 0.717) is 35.1 Å². The molecule has 0 radical (unpaired) electrons. The van der Waals surface area contributed by atoms with Gasteiger partial charge in [0.2, 0.25) is 5.91 Å². The Labute approximate surface area is 194 Å². The number of hydrogen-bond acceptors (Lipinski definition) is 5. The predicted octanol–water partition coefficient (Wildman–Crippen LogP) is 3.63. The number of nitrogens with one attached hydrogen (secondary N) is 3. The molecule has 2 amide bonds. The fourth-order valence-corrected chi connectivity index (χ4v) is 3.86. The standard InChI is InChI=1S/C24H23N5O3S/c30-21(27-28-22(31)20-14-13-16-8-3-5-10-18(16)25-20)12-2-1-7-15-29-23(32)17-9-4-6-11-19(17)26-24(29)33/h3-6,8-11,13-14H,1-2,7,12,15H2,(H,26,33)(H,27,30)(H,28,31). The molecule has 0 spiro atoms. The summed E-state index contributed by atoms with van der Waals surface area (Å²) in [7, 11) is 0. The molecule has 0 unspecified atom stereocenters. The normalized spacial score (nSPS) is 10.9. The molecule has 4 rings (SSSR count). The summed E-state index contributed by atoms with van der Waals surface area (Å²) in [5, 5.41) is 1.53. The second kappa shape index (κ2) is 10.2. The Kier molecular flexibility index (Phi) is 6.89. The maximum Gasteiger partial charge on any atom is 0.288 e. The van der Waals surface area contributed by atoms with Gasteiger partial charge >= 0.3 is 0 Å². The van der Waals surface area contributed by atoms with E-state index in [2.05, 4.69) is 20.8 Å². The molecule has 0 aliphatic heterocycles. The number of hydrazine groups is 1. The quantitative estimate of drug-likeness (QED) is 0.221. The summed E-state index contributed by atoms with van der Waals surface area (Å²) >= 11 is 5.31. The fraction of sp³-hybridized carbons (Fsp3) is 0.208. The van der Waals surface area contributed by atoms with Crippen molar-refractivity contribution in [2.75, 3.05) is 0 Å². The van der Waals surface area contributed by atoms with Crippen LogP contribution in [-0.4, -0.2) is 26.3 Å². The Hall–Kier alpha value is -3.85. The van der Waals surface area contributed by atoms with Gasteiger partial charge in [0.05, 0.1) is 16.4 Å². The zero-order valence-corrected chi connectivity index (χ0v) is 18.7. The van der Waals surface area contributed by atoms with E-state index < -0.39 is 5.91 Å². The minimum absolute atomic E-state index is 0.114. The van der Waals surface area contributed by atoms with Crippen LogP contribution in [0.3, 0.4) is 0 Å². The minimum atomic E-state index is -0.473. The third kappa shape index (κ3) is 5.32. The predicted molar refractivity (Wildman–Crippen MR) is 129 cm³/mol. The summed E-state index contributed by atoms with van der Waals surface area (Å²) in [5.41, 5.74) is 6.37. The average molecular weight is 462 g/mol. The molecule has 0 atom stereocenters. The summed E-state index contributed by atoms with van der Waals surface area (Å²) in [5.74, 6) is -0.761. The molecule has 0 aliphatic rings. The maximum atomic E-state index is 12.6. The summed E-state index contributed by atoms with van der Waals surface area (Å²) < 4.78 is 1.94. The zero-order chi connectivity index (χ0) is 23.2. The smallest absolute Gasteiger partial charge is 0.288 e. The van der Waals surface area contributed by atoms with Gasteiger partial charge in [-0.05, 0) is 49.3 Å². The monoisotopic (exact) mass is 461 g/mol. The van der Waals surface area contributed by atoms with Gasteiger partial charge in [0.15, 0.2) is 4.77 Å². The number of fused-ring (bicyclic) bond motifs is 2. The molecule has 3 N–H and O–H groups in total. The number of hydrogen-bond donors (Lipinski definition) is 3. The van der Waals surface area contributed by atoms with Crippen LogP contribution in [0.25, 0.3) is 21.8 Å². The van der Waals surface area contributed by atoms with Crippen molar-refractivity contribution < 1.29 is 9.59 Å². The third-order valence-corrected chi connectivity index (χ3v) is 5.64. The lowest BCUT2D eigenvalue weighted by molar-refractivity contribution is -0.122. The van der Waals surface area contributed by atoms with E-state index in [1.165, 1.54) is 0 Å². The van der Waals surface area contributed by atoms with Crippen molar-refractivity contribution in [3.8, 4) is 0 Å². The first-order valence-corrected chi connectivity index (χ1v) is 11.1. The Balaban J connectivity index is 1.21. The van der Waals surface area contributed by atoms with E-state index >= 15 is 0 Å². The van der Waals surface area contributed by atoms with E-state index in [1.807, 2.05) is 48.5 Å². The number of H-pyrrole nitrogens is 1. The number of aromatic nitrogens is 3. The molecule has 0 fully saturated rings. The van der Waals surface area contributed by atoms with Crippen LogP contribution in [0.4, 0.5) is 0 Å². The lowest BCUT2D eigenvalue weighted by Crippen LogP contribution is -2.41. The molecule has 0 aliphatic carbocycles. The van der Waals surface area contributed by atoms with Crippen molar-refractivity contribution in [1.82, 2.24) is 25.4 Å². The number of carbonyl (C=O) groups excluding carboxylic acids is 2. The van der Waals surface area contributed by atoms with Crippen molar-refractivity contribution in [2.45, 2.75) is 32.2 Å². The van der Waals surface area contributed by atoms with Gasteiger partial charge < -0.3 is 4.98 Å². The summed E-state index contributed by atoms with van der Waals surface area (Å²) in [6, 6.07) is 18.2. The highest BCUT2D eigenvalue weighted by atomic mass is 32.1. The molecule has 2 aromatic heterocycles. The van der Waals surface area contributed by atoms with Crippen LogP contribution in [-0.2, 0) is 11.3 Å². The molecule has 2 aromatic carbocycles. The molecule has 2 heterocycles. The Morgan fingerprint density at radius 2 is 1.73 bits per heavy atom. The molecular formula is C24H23N5O3S. The topological polar surface area (TPSA) is 109 Å². The van der Waals surface area contributed by atoms with Crippen LogP contribution >= 0.6 is 12.2 Å². The number of unbranched alkanes of at least 4 members (excludes halogenated alkanes) is 2. The molecule has 0 saturated heterocycles. The fourth-order valence-electron chi connectivity index (χ4n) is 3.58. The lowest BCUT2D eigenvalue weighted by atomic mass is 10.2. The van der Waals surface area contributed by atoms with Crippen LogP contribution in [0.2, 0.25) is 0 Å². The third-order valence-electron chi connectivity index (χ3n) is 5.32. The molecule has 0 bridgehead atoms. The van der Waals surface area contributed by atoms with Crippen molar-refractivity contribution >= 4 is 45.8 Å². The van der Waals surface area contributed by atoms with Gasteiger partial charge in [0.1, 0.15) is 5.69 Å². The number of nitrogens with zero attached hydrogens (tertiary/aromatic N) is 2. The number of amides is 2. The van der Waals surface area contributed by atoms with Crippen LogP contribution in [0.15, 0.2) is 65.5 Å². The first kappa shape index (κ1) is 22.3. The summed E-state index contributed by atoms with van der Waals surface area (Å²) in [6.45, 7) is 0.477. The number of pyridine rings is 1. The van der Waals surface area contributed by atoms with Crippen LogP contribution in [0.1, 0.15) is 36.2 Å². The van der Waals surface area contributed by atoms with Crippen molar-refractivity contribution in [3.05, 3.63) is 81.5 Å². The summed E-state index contributed by atoms with van der Waals surface area (Å²) in [4.78, 5) is 44.3. The van der Waals surface area contributed by atoms with Crippen LogP contribution in [0.5, 0.6) is 0 Å². The number of para-hydroxylation sites is 2. The first-order chi connectivity index (χ1) is 16.0. The molecular weight excluding hydrogens is 438 g/mol. The molecule has 4 aromatic rings. The maximum absolute atomic E-state index is 12.6. The van der Waals surface area contributed by atoms with E-state index in [1.54, 1.807) is 16.7 Å².